The number of carbonyl (C=O) groups is 2. The Balaban J connectivity index is 1.24. The van der Waals surface area contributed by atoms with Crippen LogP contribution in [0.2, 0.25) is 5.02 Å². The molecule has 6 rings (SSSR count). The molecule has 1 aliphatic rings. The molecule has 1 atom stereocenters. The molecule has 1 aliphatic heterocycles. The number of methoxy groups -OCH3 is 1. The van der Waals surface area contributed by atoms with Crippen molar-refractivity contribution in [3.8, 4) is 11.4 Å². The summed E-state index contributed by atoms with van der Waals surface area (Å²) >= 11 is 10.5. The molecule has 0 radical (unpaired) electrons. The SMILES string of the molecule is COc1ccc([C@H]2CC(c3cccs3)=NN2C(=O)CSc2nnc(CNC(=O)c3cccs3)n2-c2cccc(Cl)c2)cc1. The summed E-state index contributed by atoms with van der Waals surface area (Å²) in [6.07, 6.45) is 0.607. The van der Waals surface area contributed by atoms with Gasteiger partial charge in [-0.15, -0.1) is 32.9 Å². The van der Waals surface area contributed by atoms with Crippen LogP contribution in [-0.4, -0.2) is 50.2 Å². The van der Waals surface area contributed by atoms with Crippen molar-refractivity contribution in [1.29, 1.82) is 0 Å². The van der Waals surface area contributed by atoms with Crippen molar-refractivity contribution >= 4 is 63.6 Å². The summed E-state index contributed by atoms with van der Waals surface area (Å²) in [6.45, 7) is 0.144. The van der Waals surface area contributed by atoms with Crippen LogP contribution in [0.5, 0.6) is 5.75 Å². The van der Waals surface area contributed by atoms with Crippen molar-refractivity contribution in [1.82, 2.24) is 25.1 Å². The van der Waals surface area contributed by atoms with Crippen LogP contribution in [0.15, 0.2) is 93.8 Å². The number of carbonyl (C=O) groups excluding carboxylic acids is 2. The maximum Gasteiger partial charge on any atom is 0.261 e. The van der Waals surface area contributed by atoms with E-state index in [9.17, 15) is 9.59 Å². The van der Waals surface area contributed by atoms with Crippen molar-refractivity contribution in [3.05, 3.63) is 110 Å². The van der Waals surface area contributed by atoms with Gasteiger partial charge in [0, 0.05) is 11.4 Å². The summed E-state index contributed by atoms with van der Waals surface area (Å²) in [5.74, 6) is 0.979. The highest BCUT2D eigenvalue weighted by atomic mass is 35.5. The van der Waals surface area contributed by atoms with Crippen molar-refractivity contribution in [2.45, 2.75) is 24.2 Å². The van der Waals surface area contributed by atoms with Crippen LogP contribution < -0.4 is 10.1 Å². The highest BCUT2D eigenvalue weighted by Crippen LogP contribution is 2.35. The Bertz CT molecular complexity index is 1750. The molecule has 43 heavy (non-hydrogen) atoms. The number of amides is 2. The average molecular weight is 649 g/mol. The van der Waals surface area contributed by atoms with E-state index < -0.39 is 0 Å². The maximum absolute atomic E-state index is 13.7. The second kappa shape index (κ2) is 13.1. The molecule has 4 heterocycles. The Kier molecular flexibility index (Phi) is 8.89. The fourth-order valence-electron chi connectivity index (χ4n) is 4.65. The summed E-state index contributed by atoms with van der Waals surface area (Å²) in [5.41, 5.74) is 2.57. The number of benzene rings is 2. The molecule has 218 valence electrons. The minimum Gasteiger partial charge on any atom is -0.497 e. The van der Waals surface area contributed by atoms with Crippen LogP contribution in [0, 0.1) is 0 Å². The van der Waals surface area contributed by atoms with Gasteiger partial charge in [-0.25, -0.2) is 5.01 Å². The van der Waals surface area contributed by atoms with Gasteiger partial charge in [0.1, 0.15) is 5.75 Å². The van der Waals surface area contributed by atoms with Crippen LogP contribution in [-0.2, 0) is 11.3 Å². The zero-order valence-electron chi connectivity index (χ0n) is 22.8. The molecule has 5 aromatic rings. The van der Waals surface area contributed by atoms with Crippen LogP contribution in [0.4, 0.5) is 0 Å². The molecule has 9 nitrogen and oxygen atoms in total. The normalized spacial score (nSPS) is 14.5. The predicted octanol–water partition coefficient (Wildman–Crippen LogP) is 6.45. The van der Waals surface area contributed by atoms with E-state index in [4.69, 9.17) is 21.4 Å². The summed E-state index contributed by atoms with van der Waals surface area (Å²) < 4.78 is 7.13. The number of rotatable bonds is 10. The fourth-order valence-corrected chi connectivity index (χ4v) is 7.02. The lowest BCUT2D eigenvalue weighted by molar-refractivity contribution is -0.130. The minimum absolute atomic E-state index is 0.0775. The molecular weight excluding hydrogens is 624 g/mol. The van der Waals surface area contributed by atoms with Crippen LogP contribution in [0.25, 0.3) is 5.69 Å². The molecular formula is C30H25ClN6O3S3. The molecule has 0 unspecified atom stereocenters. The number of halogens is 1. The van der Waals surface area contributed by atoms with E-state index in [1.807, 2.05) is 69.9 Å². The van der Waals surface area contributed by atoms with Crippen molar-refractivity contribution in [3.63, 3.8) is 0 Å². The number of nitrogens with one attached hydrogen (secondary N) is 1. The van der Waals surface area contributed by atoms with Gasteiger partial charge < -0.3 is 10.1 Å². The third-order valence-corrected chi connectivity index (χ3v) is 9.65. The van der Waals surface area contributed by atoms with Gasteiger partial charge in [-0.1, -0.05) is 53.7 Å². The number of thioether (sulfide) groups is 1. The number of hydrogen-bond acceptors (Lipinski definition) is 9. The molecule has 2 amide bonds. The molecule has 0 fully saturated rings. The Labute approximate surface area is 265 Å². The predicted molar refractivity (Wildman–Crippen MR) is 171 cm³/mol. The van der Waals surface area contributed by atoms with Crippen molar-refractivity contribution < 1.29 is 14.3 Å². The number of hydrogen-bond donors (Lipinski definition) is 1. The lowest BCUT2D eigenvalue weighted by Gasteiger charge is -2.22. The highest BCUT2D eigenvalue weighted by molar-refractivity contribution is 7.99. The first-order valence-electron chi connectivity index (χ1n) is 13.2. The lowest BCUT2D eigenvalue weighted by atomic mass is 10.0. The third kappa shape index (κ3) is 6.52. The maximum atomic E-state index is 13.7. The van der Waals surface area contributed by atoms with Crippen LogP contribution in [0.3, 0.4) is 0 Å². The van der Waals surface area contributed by atoms with Gasteiger partial charge in [-0.3, -0.25) is 14.2 Å². The monoisotopic (exact) mass is 648 g/mol. The Morgan fingerprint density at radius 1 is 1.05 bits per heavy atom. The van der Waals surface area contributed by atoms with Gasteiger partial charge in [0.25, 0.3) is 11.8 Å². The molecule has 0 aliphatic carbocycles. The molecule has 2 aromatic carbocycles. The second-order valence-electron chi connectivity index (χ2n) is 9.42. The first kappa shape index (κ1) is 29.1. The quantitative estimate of drug-likeness (QED) is 0.175. The number of hydrazone groups is 1. The van der Waals surface area contributed by atoms with E-state index in [0.29, 0.717) is 27.3 Å². The van der Waals surface area contributed by atoms with Gasteiger partial charge in [-0.2, -0.15) is 5.10 Å². The zero-order chi connectivity index (χ0) is 29.8. The van der Waals surface area contributed by atoms with E-state index in [1.165, 1.54) is 23.1 Å². The van der Waals surface area contributed by atoms with E-state index in [0.717, 1.165) is 27.6 Å². The first-order chi connectivity index (χ1) is 21.0. The Morgan fingerprint density at radius 3 is 2.58 bits per heavy atom. The molecule has 0 bridgehead atoms. The Hall–Kier alpha value is -3.97. The molecule has 1 N–H and O–H groups in total. The largest absolute Gasteiger partial charge is 0.497 e. The summed E-state index contributed by atoms with van der Waals surface area (Å²) in [4.78, 5) is 28.0. The number of aromatic nitrogens is 3. The van der Waals surface area contributed by atoms with Crippen molar-refractivity contribution in [2.24, 2.45) is 5.10 Å². The van der Waals surface area contributed by atoms with Gasteiger partial charge in [-0.05, 0) is 58.8 Å². The molecule has 13 heteroatoms. The summed E-state index contributed by atoms with van der Waals surface area (Å²) in [6, 6.07) is 22.3. The summed E-state index contributed by atoms with van der Waals surface area (Å²) in [5, 5.41) is 22.9. The average Bonchev–Trinajstić information content (AvgIpc) is 3.85. The Morgan fingerprint density at radius 2 is 1.86 bits per heavy atom. The standard InChI is InChI=1S/C30H25ClN6O3S3/c1-40-22-11-9-19(10-12-22)24-16-23(25-7-3-13-41-25)35-37(24)28(38)18-43-30-34-33-27(17-32-29(39)26-8-4-14-42-26)36(30)21-6-2-5-20(31)15-21/h2-15,24H,16-18H2,1H3,(H,32,39)/t24-/m1/s1. The van der Waals surface area contributed by atoms with E-state index in [-0.39, 0.29) is 30.2 Å². The van der Waals surface area contributed by atoms with E-state index in [2.05, 4.69) is 15.5 Å². The fraction of sp³-hybridized carbons (Fsp3) is 0.167. The van der Waals surface area contributed by atoms with Crippen molar-refractivity contribution in [2.75, 3.05) is 12.9 Å². The number of thiophene rings is 2. The smallest absolute Gasteiger partial charge is 0.261 e. The van der Waals surface area contributed by atoms with Gasteiger partial charge >= 0.3 is 0 Å². The van der Waals surface area contributed by atoms with Crippen LogP contribution in [0.1, 0.15) is 38.4 Å². The zero-order valence-corrected chi connectivity index (χ0v) is 26.1. The lowest BCUT2D eigenvalue weighted by Crippen LogP contribution is -2.28. The number of ether oxygens (including phenoxy) is 1. The molecule has 0 saturated carbocycles. The topological polar surface area (TPSA) is 102 Å². The summed E-state index contributed by atoms with van der Waals surface area (Å²) in [7, 11) is 1.63. The second-order valence-corrected chi connectivity index (χ2v) is 12.7. The third-order valence-electron chi connectivity index (χ3n) is 6.72. The van der Waals surface area contributed by atoms with Gasteiger partial charge in [0.15, 0.2) is 11.0 Å². The van der Waals surface area contributed by atoms with Gasteiger partial charge in [0.2, 0.25) is 0 Å². The highest BCUT2D eigenvalue weighted by Gasteiger charge is 2.33. The van der Waals surface area contributed by atoms with Crippen LogP contribution >= 0.6 is 46.0 Å². The van der Waals surface area contributed by atoms with E-state index >= 15 is 0 Å². The van der Waals surface area contributed by atoms with E-state index in [1.54, 1.807) is 41.7 Å². The number of nitrogens with zero attached hydrogens (tertiary/aromatic N) is 5. The molecule has 3 aromatic heterocycles. The van der Waals surface area contributed by atoms with Gasteiger partial charge in [0.05, 0.1) is 46.6 Å². The minimum atomic E-state index is -0.245. The first-order valence-corrected chi connectivity index (χ1v) is 16.3. The molecule has 0 spiro atoms. The molecule has 0 saturated heterocycles.